The number of methoxy groups -OCH3 is 1. The summed E-state index contributed by atoms with van der Waals surface area (Å²) in [7, 11) is 1.31. The molecule has 29 heavy (non-hydrogen) atoms. The first-order valence-electron chi connectivity index (χ1n) is 9.65. The van der Waals surface area contributed by atoms with Crippen molar-refractivity contribution in [1.82, 2.24) is 4.98 Å². The Kier molecular flexibility index (Phi) is 5.32. The van der Waals surface area contributed by atoms with Crippen LogP contribution in [0.15, 0.2) is 42.6 Å². The van der Waals surface area contributed by atoms with Gasteiger partial charge in [-0.25, -0.2) is 9.78 Å². The normalized spacial score (nSPS) is 21.5. The van der Waals surface area contributed by atoms with Crippen molar-refractivity contribution < 1.29 is 14.3 Å². The van der Waals surface area contributed by atoms with Crippen molar-refractivity contribution in [3.63, 3.8) is 0 Å². The van der Waals surface area contributed by atoms with Crippen molar-refractivity contribution >= 4 is 40.8 Å². The number of halogens is 1. The highest BCUT2D eigenvalue weighted by Crippen LogP contribution is 2.43. The molecule has 0 saturated carbocycles. The molecule has 0 radical (unpaired) electrons. The quantitative estimate of drug-likeness (QED) is 0.823. The monoisotopic (exact) mass is 414 g/mol. The topological polar surface area (TPSA) is 74.8 Å². The van der Waals surface area contributed by atoms with Gasteiger partial charge in [0.05, 0.1) is 35.1 Å². The maximum Gasteiger partial charge on any atom is 0.411 e. The molecule has 2 aliphatic heterocycles. The highest BCUT2D eigenvalue weighted by atomic mass is 35.5. The van der Waals surface area contributed by atoms with Crippen LogP contribution in [-0.2, 0) is 9.53 Å². The number of carbonyl (C=O) groups is 2. The van der Waals surface area contributed by atoms with E-state index in [1.165, 1.54) is 7.11 Å². The molecule has 2 aliphatic rings. The number of rotatable bonds is 3. The van der Waals surface area contributed by atoms with E-state index in [1.54, 1.807) is 12.3 Å². The number of aromatic nitrogens is 1. The molecule has 2 saturated heterocycles. The lowest BCUT2D eigenvalue weighted by molar-refractivity contribution is -0.126. The summed E-state index contributed by atoms with van der Waals surface area (Å²) >= 11 is 6.33. The molecule has 2 aromatic rings. The van der Waals surface area contributed by atoms with Crippen molar-refractivity contribution in [3.05, 3.63) is 47.6 Å². The van der Waals surface area contributed by atoms with Gasteiger partial charge >= 0.3 is 6.09 Å². The Bertz CT molecular complexity index is 920. The molecule has 2 fully saturated rings. The number of amides is 2. The van der Waals surface area contributed by atoms with Gasteiger partial charge in [0.25, 0.3) is 0 Å². The van der Waals surface area contributed by atoms with Crippen LogP contribution in [0.5, 0.6) is 0 Å². The highest BCUT2D eigenvalue weighted by Gasteiger charge is 2.49. The second-order valence-electron chi connectivity index (χ2n) is 7.49. The molecule has 1 aromatic heterocycles. The predicted octanol–water partition coefficient (Wildman–Crippen LogP) is 3.94. The number of nitrogens with zero attached hydrogens (tertiary/aromatic N) is 3. The Labute approximate surface area is 174 Å². The van der Waals surface area contributed by atoms with Crippen molar-refractivity contribution in [2.75, 3.05) is 41.9 Å². The first-order valence-corrected chi connectivity index (χ1v) is 10.0. The molecule has 8 heteroatoms. The fourth-order valence-electron chi connectivity index (χ4n) is 4.24. The van der Waals surface area contributed by atoms with Gasteiger partial charge in [0.1, 0.15) is 5.82 Å². The number of nitrogens with one attached hydrogen (secondary N) is 1. The Hall–Kier alpha value is -2.80. The smallest absolute Gasteiger partial charge is 0.411 e. The number of hydrogen-bond donors (Lipinski definition) is 1. The van der Waals surface area contributed by atoms with Crippen molar-refractivity contribution in [2.24, 2.45) is 5.41 Å². The minimum absolute atomic E-state index is 0.138. The summed E-state index contributed by atoms with van der Waals surface area (Å²) in [4.78, 5) is 33.1. The van der Waals surface area contributed by atoms with Crippen molar-refractivity contribution in [1.29, 1.82) is 0 Å². The molecule has 0 unspecified atom stereocenters. The molecular weight excluding hydrogens is 392 g/mol. The van der Waals surface area contributed by atoms with Gasteiger partial charge in [-0.2, -0.15) is 0 Å². The molecule has 1 N–H and O–H groups in total. The summed E-state index contributed by atoms with van der Waals surface area (Å²) in [5, 5.41) is 3.19. The first kappa shape index (κ1) is 19.5. The van der Waals surface area contributed by atoms with E-state index >= 15 is 0 Å². The van der Waals surface area contributed by atoms with Gasteiger partial charge in [-0.1, -0.05) is 23.7 Å². The van der Waals surface area contributed by atoms with Gasteiger partial charge in [-0.3, -0.25) is 10.1 Å². The SMILES string of the molecule is COC(=O)Nc1ccc(N2CCC[C@@]3(CCN(c4ccccc4Cl)C3=O)C2)nc1. The number of hydrogen-bond acceptors (Lipinski definition) is 5. The summed E-state index contributed by atoms with van der Waals surface area (Å²) < 4.78 is 4.59. The van der Waals surface area contributed by atoms with Crippen LogP contribution < -0.4 is 15.1 Å². The van der Waals surface area contributed by atoms with E-state index in [1.807, 2.05) is 35.2 Å². The molecule has 0 bridgehead atoms. The van der Waals surface area contributed by atoms with E-state index in [0.717, 1.165) is 37.3 Å². The van der Waals surface area contributed by atoms with Gasteiger partial charge in [-0.05, 0) is 43.5 Å². The van der Waals surface area contributed by atoms with Crippen LogP contribution in [0.1, 0.15) is 19.3 Å². The highest BCUT2D eigenvalue weighted by molar-refractivity contribution is 6.34. The zero-order chi connectivity index (χ0) is 20.4. The minimum atomic E-state index is -0.535. The summed E-state index contributed by atoms with van der Waals surface area (Å²) in [5.41, 5.74) is 0.931. The first-order chi connectivity index (χ1) is 14.0. The zero-order valence-corrected chi connectivity index (χ0v) is 17.0. The van der Waals surface area contributed by atoms with Gasteiger partial charge in [-0.15, -0.1) is 0 Å². The molecule has 1 spiro atoms. The number of carbonyl (C=O) groups excluding carboxylic acids is 2. The summed E-state index contributed by atoms with van der Waals surface area (Å²) in [6.07, 6.45) is 3.65. The van der Waals surface area contributed by atoms with E-state index in [0.29, 0.717) is 23.8 Å². The van der Waals surface area contributed by atoms with Gasteiger partial charge < -0.3 is 14.5 Å². The van der Waals surface area contributed by atoms with E-state index in [9.17, 15) is 9.59 Å². The van der Waals surface area contributed by atoms with E-state index in [2.05, 4.69) is 19.9 Å². The Morgan fingerprint density at radius 1 is 1.21 bits per heavy atom. The minimum Gasteiger partial charge on any atom is -0.453 e. The lowest BCUT2D eigenvalue weighted by Crippen LogP contribution is -2.48. The second kappa shape index (κ2) is 7.91. The van der Waals surface area contributed by atoms with E-state index < -0.39 is 11.5 Å². The summed E-state index contributed by atoms with van der Waals surface area (Å²) in [6, 6.07) is 11.1. The van der Waals surface area contributed by atoms with Crippen LogP contribution in [0.25, 0.3) is 0 Å². The molecule has 7 nitrogen and oxygen atoms in total. The number of pyridine rings is 1. The maximum absolute atomic E-state index is 13.4. The second-order valence-corrected chi connectivity index (χ2v) is 7.89. The average Bonchev–Trinajstić information content (AvgIpc) is 3.04. The number of ether oxygens (including phenoxy) is 1. The van der Waals surface area contributed by atoms with Crippen molar-refractivity contribution in [2.45, 2.75) is 19.3 Å². The molecule has 0 aliphatic carbocycles. The largest absolute Gasteiger partial charge is 0.453 e. The molecule has 1 aromatic carbocycles. The Morgan fingerprint density at radius 3 is 2.76 bits per heavy atom. The molecule has 4 rings (SSSR count). The standard InChI is InChI=1S/C21H23ClN4O3/c1-29-20(28)24-15-7-8-18(23-13-15)25-11-4-9-21(14-25)10-12-26(19(21)27)17-6-3-2-5-16(17)22/h2-3,5-8,13H,4,9-12,14H2,1H3,(H,24,28)/t21-/m1/s1. The van der Waals surface area contributed by atoms with Gasteiger partial charge in [0.2, 0.25) is 5.91 Å². The van der Waals surface area contributed by atoms with E-state index in [4.69, 9.17) is 11.6 Å². The third-order valence-electron chi connectivity index (χ3n) is 5.74. The fraction of sp³-hybridized carbons (Fsp3) is 0.381. The number of anilines is 3. The Morgan fingerprint density at radius 2 is 2.03 bits per heavy atom. The van der Waals surface area contributed by atoms with Crippen molar-refractivity contribution in [3.8, 4) is 0 Å². The molecular formula is C21H23ClN4O3. The van der Waals surface area contributed by atoms with Crippen LogP contribution in [-0.4, -0.2) is 43.7 Å². The van der Waals surface area contributed by atoms with Crippen LogP contribution in [0, 0.1) is 5.41 Å². The lowest BCUT2D eigenvalue weighted by Gasteiger charge is -2.39. The molecule has 2 amide bonds. The fourth-order valence-corrected chi connectivity index (χ4v) is 4.48. The van der Waals surface area contributed by atoms with Gasteiger partial charge in [0.15, 0.2) is 0 Å². The number of benzene rings is 1. The van der Waals surface area contributed by atoms with Crippen LogP contribution >= 0.6 is 11.6 Å². The van der Waals surface area contributed by atoms with Crippen LogP contribution in [0.3, 0.4) is 0 Å². The van der Waals surface area contributed by atoms with Crippen LogP contribution in [0.4, 0.5) is 22.0 Å². The zero-order valence-electron chi connectivity index (χ0n) is 16.2. The molecule has 3 heterocycles. The maximum atomic E-state index is 13.4. The molecule has 152 valence electrons. The summed E-state index contributed by atoms with van der Waals surface area (Å²) in [5.74, 6) is 0.933. The summed E-state index contributed by atoms with van der Waals surface area (Å²) in [6.45, 7) is 2.15. The Balaban J connectivity index is 1.50. The average molecular weight is 415 g/mol. The van der Waals surface area contributed by atoms with E-state index in [-0.39, 0.29) is 5.91 Å². The predicted molar refractivity (Wildman–Crippen MR) is 113 cm³/mol. The third-order valence-corrected chi connectivity index (χ3v) is 6.06. The van der Waals surface area contributed by atoms with Gasteiger partial charge in [0, 0.05) is 19.6 Å². The third kappa shape index (κ3) is 3.74. The molecule has 1 atom stereocenters. The number of para-hydroxylation sites is 1. The van der Waals surface area contributed by atoms with Crippen LogP contribution in [0.2, 0.25) is 5.02 Å². The number of piperidine rings is 1. The lowest BCUT2D eigenvalue weighted by atomic mass is 9.78.